The van der Waals surface area contributed by atoms with Gasteiger partial charge in [0.2, 0.25) is 0 Å². The average Bonchev–Trinajstić information content (AvgIpc) is 2.32. The van der Waals surface area contributed by atoms with Crippen molar-refractivity contribution in [2.75, 3.05) is 7.05 Å². The van der Waals surface area contributed by atoms with E-state index in [2.05, 4.69) is 15.9 Å². The minimum Gasteiger partial charge on any atom is -0.369 e. The van der Waals surface area contributed by atoms with Crippen molar-refractivity contribution in [3.05, 3.63) is 33.8 Å². The van der Waals surface area contributed by atoms with Crippen LogP contribution in [-0.2, 0) is 0 Å². The van der Waals surface area contributed by atoms with Crippen LogP contribution in [0.2, 0.25) is 0 Å². The summed E-state index contributed by atoms with van der Waals surface area (Å²) in [6.07, 6.45) is -0.796. The van der Waals surface area contributed by atoms with E-state index in [1.54, 1.807) is 19.2 Å². The van der Waals surface area contributed by atoms with Gasteiger partial charge in [-0.3, -0.25) is 4.79 Å². The molecule has 1 aromatic rings. The molecular weight excluding hydrogens is 234 g/mol. The lowest BCUT2D eigenvalue weighted by Crippen LogP contribution is -2.22. The van der Waals surface area contributed by atoms with Gasteiger partial charge in [-0.15, -0.1) is 0 Å². The van der Waals surface area contributed by atoms with Crippen LogP contribution < -0.4 is 0 Å². The number of rotatable bonds is 0. The standard InChI is InChI=1S/C9H8BrNO2/c1-11-8(12)6-3-2-5(10)4-7(6)9(11)13/h2-4,8,12H,1H3. The van der Waals surface area contributed by atoms with Crippen LogP contribution in [0.3, 0.4) is 0 Å². The van der Waals surface area contributed by atoms with E-state index < -0.39 is 6.23 Å². The van der Waals surface area contributed by atoms with Crippen molar-refractivity contribution in [3.8, 4) is 0 Å². The molecule has 0 saturated carbocycles. The van der Waals surface area contributed by atoms with Crippen LogP contribution in [0.1, 0.15) is 22.1 Å². The van der Waals surface area contributed by atoms with Crippen LogP contribution >= 0.6 is 15.9 Å². The van der Waals surface area contributed by atoms with Gasteiger partial charge in [0.1, 0.15) is 0 Å². The van der Waals surface area contributed by atoms with Gasteiger partial charge in [0.05, 0.1) is 0 Å². The number of halogens is 1. The van der Waals surface area contributed by atoms with E-state index in [1.807, 2.05) is 6.07 Å². The fourth-order valence-electron chi connectivity index (χ4n) is 1.45. The third-order valence-electron chi connectivity index (χ3n) is 2.21. The molecule has 0 aliphatic carbocycles. The largest absolute Gasteiger partial charge is 0.369 e. The summed E-state index contributed by atoms with van der Waals surface area (Å²) in [6, 6.07) is 5.30. The predicted octanol–water partition coefficient (Wildman–Crippen LogP) is 1.53. The molecule has 68 valence electrons. The van der Waals surface area contributed by atoms with Gasteiger partial charge >= 0.3 is 0 Å². The first-order chi connectivity index (χ1) is 6.11. The third kappa shape index (κ3) is 1.17. The molecule has 0 aromatic heterocycles. The number of benzene rings is 1. The van der Waals surface area contributed by atoms with E-state index in [9.17, 15) is 9.90 Å². The molecule has 0 fully saturated rings. The molecule has 1 amide bonds. The molecule has 1 heterocycles. The quantitative estimate of drug-likeness (QED) is 0.749. The molecule has 1 aliphatic rings. The first kappa shape index (κ1) is 8.72. The van der Waals surface area contributed by atoms with E-state index in [-0.39, 0.29) is 5.91 Å². The lowest BCUT2D eigenvalue weighted by molar-refractivity contribution is 0.0302. The number of hydrogen-bond donors (Lipinski definition) is 1. The molecule has 13 heavy (non-hydrogen) atoms. The number of amides is 1. The Labute approximate surface area is 84.1 Å². The zero-order valence-corrected chi connectivity index (χ0v) is 8.58. The minimum absolute atomic E-state index is 0.135. The molecular formula is C9H8BrNO2. The van der Waals surface area contributed by atoms with E-state index in [0.717, 1.165) is 4.47 Å². The summed E-state index contributed by atoms with van der Waals surface area (Å²) in [5, 5.41) is 9.60. The average molecular weight is 242 g/mol. The van der Waals surface area contributed by atoms with E-state index in [1.165, 1.54) is 4.90 Å². The number of aliphatic hydroxyl groups is 1. The maximum absolute atomic E-state index is 11.5. The van der Waals surface area contributed by atoms with E-state index in [0.29, 0.717) is 11.1 Å². The van der Waals surface area contributed by atoms with E-state index >= 15 is 0 Å². The van der Waals surface area contributed by atoms with Crippen LogP contribution in [0.15, 0.2) is 22.7 Å². The highest BCUT2D eigenvalue weighted by Gasteiger charge is 2.32. The molecule has 0 saturated heterocycles. The molecule has 1 aromatic carbocycles. The summed E-state index contributed by atoms with van der Waals surface area (Å²) in [7, 11) is 1.58. The summed E-state index contributed by atoms with van der Waals surface area (Å²) in [5.41, 5.74) is 1.25. The van der Waals surface area contributed by atoms with Gasteiger partial charge < -0.3 is 10.0 Å². The summed E-state index contributed by atoms with van der Waals surface area (Å²) in [4.78, 5) is 12.8. The smallest absolute Gasteiger partial charge is 0.256 e. The van der Waals surface area contributed by atoms with Gasteiger partial charge in [0.25, 0.3) is 5.91 Å². The molecule has 0 radical (unpaired) electrons. The Balaban J connectivity index is 2.60. The second-order valence-corrected chi connectivity index (χ2v) is 3.94. The highest BCUT2D eigenvalue weighted by atomic mass is 79.9. The molecule has 1 unspecified atom stereocenters. The molecule has 4 heteroatoms. The van der Waals surface area contributed by atoms with Gasteiger partial charge in [0.15, 0.2) is 6.23 Å². The number of carbonyl (C=O) groups is 1. The summed E-state index contributed by atoms with van der Waals surface area (Å²) < 4.78 is 0.849. The summed E-state index contributed by atoms with van der Waals surface area (Å²) >= 11 is 3.28. The Hall–Kier alpha value is -0.870. The zero-order valence-electron chi connectivity index (χ0n) is 6.99. The Morgan fingerprint density at radius 2 is 2.23 bits per heavy atom. The van der Waals surface area contributed by atoms with Crippen LogP contribution in [0, 0.1) is 0 Å². The van der Waals surface area contributed by atoms with Crippen LogP contribution in [0.4, 0.5) is 0 Å². The maximum atomic E-state index is 11.5. The molecule has 1 atom stereocenters. The zero-order chi connectivity index (χ0) is 9.59. The van der Waals surface area contributed by atoms with Crippen molar-refractivity contribution in [1.29, 1.82) is 0 Å². The first-order valence-electron chi connectivity index (χ1n) is 3.86. The number of nitrogens with zero attached hydrogens (tertiary/aromatic N) is 1. The molecule has 1 N–H and O–H groups in total. The predicted molar refractivity (Wildman–Crippen MR) is 51.2 cm³/mol. The second kappa shape index (κ2) is 2.82. The van der Waals surface area contributed by atoms with Crippen LogP contribution in [-0.4, -0.2) is 23.0 Å². The van der Waals surface area contributed by atoms with Crippen molar-refractivity contribution in [2.45, 2.75) is 6.23 Å². The topological polar surface area (TPSA) is 40.5 Å². The van der Waals surface area contributed by atoms with Crippen molar-refractivity contribution < 1.29 is 9.90 Å². The van der Waals surface area contributed by atoms with Crippen LogP contribution in [0.5, 0.6) is 0 Å². The second-order valence-electron chi connectivity index (χ2n) is 3.02. The summed E-state index contributed by atoms with van der Waals surface area (Å²) in [5.74, 6) is -0.135. The Morgan fingerprint density at radius 1 is 1.54 bits per heavy atom. The lowest BCUT2D eigenvalue weighted by atomic mass is 10.1. The number of fused-ring (bicyclic) bond motifs is 1. The highest BCUT2D eigenvalue weighted by Crippen LogP contribution is 2.31. The van der Waals surface area contributed by atoms with Gasteiger partial charge in [-0.25, -0.2) is 0 Å². The number of aliphatic hydroxyl groups excluding tert-OH is 1. The fourth-order valence-corrected chi connectivity index (χ4v) is 1.81. The van der Waals surface area contributed by atoms with Crippen LogP contribution in [0.25, 0.3) is 0 Å². The molecule has 0 bridgehead atoms. The monoisotopic (exact) mass is 241 g/mol. The minimum atomic E-state index is -0.796. The lowest BCUT2D eigenvalue weighted by Gasteiger charge is -2.13. The maximum Gasteiger partial charge on any atom is 0.256 e. The fraction of sp³-hybridized carbons (Fsp3) is 0.222. The number of hydrogen-bond acceptors (Lipinski definition) is 2. The Kier molecular flexibility index (Phi) is 1.89. The third-order valence-corrected chi connectivity index (χ3v) is 2.70. The van der Waals surface area contributed by atoms with Crippen molar-refractivity contribution in [1.82, 2.24) is 4.90 Å². The van der Waals surface area contributed by atoms with Crippen molar-refractivity contribution >= 4 is 21.8 Å². The molecule has 2 rings (SSSR count). The highest BCUT2D eigenvalue weighted by molar-refractivity contribution is 9.10. The Bertz CT molecular complexity index is 378. The number of carbonyl (C=O) groups excluding carboxylic acids is 1. The SMILES string of the molecule is CN1C(=O)c2cc(Br)ccc2C1O. The molecule has 3 nitrogen and oxygen atoms in total. The van der Waals surface area contributed by atoms with Gasteiger partial charge in [0, 0.05) is 22.6 Å². The van der Waals surface area contributed by atoms with Gasteiger partial charge in [-0.1, -0.05) is 22.0 Å². The van der Waals surface area contributed by atoms with Crippen molar-refractivity contribution in [2.24, 2.45) is 0 Å². The normalized spacial score (nSPS) is 20.7. The van der Waals surface area contributed by atoms with Gasteiger partial charge in [-0.2, -0.15) is 0 Å². The Morgan fingerprint density at radius 3 is 2.92 bits per heavy atom. The van der Waals surface area contributed by atoms with Gasteiger partial charge in [-0.05, 0) is 12.1 Å². The first-order valence-corrected chi connectivity index (χ1v) is 4.65. The molecule has 0 spiro atoms. The van der Waals surface area contributed by atoms with Crippen molar-refractivity contribution in [3.63, 3.8) is 0 Å². The summed E-state index contributed by atoms with van der Waals surface area (Å²) in [6.45, 7) is 0. The van der Waals surface area contributed by atoms with E-state index in [4.69, 9.17) is 0 Å². The molecule has 1 aliphatic heterocycles.